The Morgan fingerprint density at radius 1 is 1.39 bits per heavy atom. The summed E-state index contributed by atoms with van der Waals surface area (Å²) in [5.41, 5.74) is 0.106. The number of amides is 1. The highest BCUT2D eigenvalue weighted by Crippen LogP contribution is 2.20. The van der Waals surface area contributed by atoms with Crippen LogP contribution < -0.4 is 4.90 Å². The minimum absolute atomic E-state index is 0.154. The van der Waals surface area contributed by atoms with Crippen molar-refractivity contribution in [3.05, 3.63) is 36.9 Å². The molecule has 0 spiro atoms. The number of nitrogens with zero attached hydrogens (tertiary/aromatic N) is 1. The number of anilines is 1. The lowest BCUT2D eigenvalue weighted by Gasteiger charge is -2.26. The first-order valence-electron chi connectivity index (χ1n) is 5.74. The van der Waals surface area contributed by atoms with Gasteiger partial charge in [0.05, 0.1) is 0 Å². The maximum Gasteiger partial charge on any atom is 0.415 e. The van der Waals surface area contributed by atoms with Crippen LogP contribution in [0.25, 0.3) is 0 Å². The zero-order valence-electron chi connectivity index (χ0n) is 11.0. The van der Waals surface area contributed by atoms with Crippen molar-refractivity contribution in [1.29, 1.82) is 0 Å². The summed E-state index contributed by atoms with van der Waals surface area (Å²) < 4.78 is 5.31. The molecule has 0 atom stereocenters. The van der Waals surface area contributed by atoms with Gasteiger partial charge in [0, 0.05) is 12.2 Å². The third-order valence-electron chi connectivity index (χ3n) is 2.09. The van der Waals surface area contributed by atoms with Crippen LogP contribution in [0.15, 0.2) is 36.9 Å². The van der Waals surface area contributed by atoms with Crippen molar-refractivity contribution in [2.24, 2.45) is 0 Å². The Balaban J connectivity index is 2.91. The molecule has 0 saturated heterocycles. The van der Waals surface area contributed by atoms with Crippen molar-refractivity contribution in [2.75, 3.05) is 11.4 Å². The van der Waals surface area contributed by atoms with Crippen molar-refractivity contribution in [3.8, 4) is 5.75 Å². The zero-order valence-corrected chi connectivity index (χ0v) is 11.0. The Bertz CT molecular complexity index is 418. The summed E-state index contributed by atoms with van der Waals surface area (Å²) in [5, 5.41) is 9.24. The lowest BCUT2D eigenvalue weighted by atomic mass is 10.2. The second-order valence-corrected chi connectivity index (χ2v) is 4.90. The standard InChI is InChI=1S/C14H19NO3/c1-5-10-15(13(17)18-14(2,3)4)11-6-8-12(16)9-7-11/h5-9,16H,1,10H2,2-4H3. The fourth-order valence-electron chi connectivity index (χ4n) is 1.36. The number of carbonyl (C=O) groups is 1. The van der Waals surface area contributed by atoms with E-state index in [-0.39, 0.29) is 5.75 Å². The van der Waals surface area contributed by atoms with Crippen LogP contribution in [0, 0.1) is 0 Å². The average molecular weight is 249 g/mol. The van der Waals surface area contributed by atoms with E-state index in [1.807, 2.05) is 20.8 Å². The van der Waals surface area contributed by atoms with Crippen LogP contribution >= 0.6 is 0 Å². The van der Waals surface area contributed by atoms with E-state index in [0.29, 0.717) is 12.2 Å². The predicted molar refractivity (Wildman–Crippen MR) is 71.9 cm³/mol. The first-order chi connectivity index (χ1) is 8.33. The highest BCUT2D eigenvalue weighted by atomic mass is 16.6. The maximum absolute atomic E-state index is 12.0. The van der Waals surface area contributed by atoms with E-state index in [9.17, 15) is 9.90 Å². The van der Waals surface area contributed by atoms with E-state index in [1.165, 1.54) is 17.0 Å². The summed E-state index contributed by atoms with van der Waals surface area (Å²) in [6.45, 7) is 9.41. The van der Waals surface area contributed by atoms with E-state index in [0.717, 1.165) is 0 Å². The number of hydrogen-bond donors (Lipinski definition) is 1. The third-order valence-corrected chi connectivity index (χ3v) is 2.09. The van der Waals surface area contributed by atoms with E-state index in [4.69, 9.17) is 4.74 Å². The summed E-state index contributed by atoms with van der Waals surface area (Å²) in [6.07, 6.45) is 1.18. The minimum Gasteiger partial charge on any atom is -0.508 e. The number of phenols is 1. The largest absolute Gasteiger partial charge is 0.508 e. The van der Waals surface area contributed by atoms with Gasteiger partial charge in [-0.15, -0.1) is 6.58 Å². The Morgan fingerprint density at radius 2 is 1.94 bits per heavy atom. The van der Waals surface area contributed by atoms with Crippen LogP contribution in [-0.4, -0.2) is 23.3 Å². The molecule has 0 radical (unpaired) electrons. The van der Waals surface area contributed by atoms with Crippen molar-refractivity contribution < 1.29 is 14.6 Å². The normalized spacial score (nSPS) is 10.8. The fourth-order valence-corrected chi connectivity index (χ4v) is 1.36. The molecule has 0 heterocycles. The molecule has 0 fully saturated rings. The Kier molecular flexibility index (Phi) is 4.37. The van der Waals surface area contributed by atoms with Gasteiger partial charge in [0.15, 0.2) is 0 Å². The van der Waals surface area contributed by atoms with E-state index >= 15 is 0 Å². The zero-order chi connectivity index (χ0) is 13.8. The molecule has 1 N–H and O–H groups in total. The monoisotopic (exact) mass is 249 g/mol. The molecule has 18 heavy (non-hydrogen) atoms. The summed E-state index contributed by atoms with van der Waals surface area (Å²) >= 11 is 0. The molecular formula is C14H19NO3. The van der Waals surface area contributed by atoms with Crippen LogP contribution in [0.4, 0.5) is 10.5 Å². The van der Waals surface area contributed by atoms with Gasteiger partial charge in [-0.1, -0.05) is 6.08 Å². The second kappa shape index (κ2) is 5.58. The molecule has 4 heteroatoms. The molecular weight excluding hydrogens is 230 g/mol. The molecule has 0 bridgehead atoms. The van der Waals surface area contributed by atoms with Gasteiger partial charge in [-0.3, -0.25) is 4.90 Å². The van der Waals surface area contributed by atoms with Crippen LogP contribution in [0.2, 0.25) is 0 Å². The van der Waals surface area contributed by atoms with Crippen molar-refractivity contribution in [3.63, 3.8) is 0 Å². The van der Waals surface area contributed by atoms with Crippen LogP contribution in [0.5, 0.6) is 5.75 Å². The predicted octanol–water partition coefficient (Wildman–Crippen LogP) is 3.32. The first-order valence-corrected chi connectivity index (χ1v) is 5.74. The van der Waals surface area contributed by atoms with Gasteiger partial charge in [-0.2, -0.15) is 0 Å². The van der Waals surface area contributed by atoms with Crippen LogP contribution in [0.3, 0.4) is 0 Å². The molecule has 98 valence electrons. The average Bonchev–Trinajstić information content (AvgIpc) is 2.25. The van der Waals surface area contributed by atoms with Gasteiger partial charge in [0.2, 0.25) is 0 Å². The molecule has 1 rings (SSSR count). The van der Waals surface area contributed by atoms with Crippen molar-refractivity contribution in [2.45, 2.75) is 26.4 Å². The summed E-state index contributed by atoms with van der Waals surface area (Å²) in [4.78, 5) is 13.5. The van der Waals surface area contributed by atoms with Gasteiger partial charge in [-0.05, 0) is 45.0 Å². The van der Waals surface area contributed by atoms with Gasteiger partial charge in [0.25, 0.3) is 0 Å². The molecule has 1 aromatic carbocycles. The topological polar surface area (TPSA) is 49.8 Å². The van der Waals surface area contributed by atoms with Crippen molar-refractivity contribution in [1.82, 2.24) is 0 Å². The van der Waals surface area contributed by atoms with Crippen molar-refractivity contribution >= 4 is 11.8 Å². The van der Waals surface area contributed by atoms with Crippen LogP contribution in [0.1, 0.15) is 20.8 Å². The molecule has 0 aliphatic carbocycles. The summed E-state index contributed by atoms with van der Waals surface area (Å²) in [6, 6.07) is 6.36. The summed E-state index contributed by atoms with van der Waals surface area (Å²) in [5.74, 6) is 0.154. The lowest BCUT2D eigenvalue weighted by Crippen LogP contribution is -2.36. The number of ether oxygens (including phenoxy) is 1. The summed E-state index contributed by atoms with van der Waals surface area (Å²) in [7, 11) is 0. The van der Waals surface area contributed by atoms with E-state index in [2.05, 4.69) is 6.58 Å². The number of hydrogen-bond acceptors (Lipinski definition) is 3. The number of carbonyl (C=O) groups excluding carboxylic acids is 1. The van der Waals surface area contributed by atoms with E-state index in [1.54, 1.807) is 18.2 Å². The maximum atomic E-state index is 12.0. The first kappa shape index (κ1) is 14.1. The Hall–Kier alpha value is -1.97. The third kappa shape index (κ3) is 4.13. The molecule has 4 nitrogen and oxygen atoms in total. The molecule has 0 aromatic heterocycles. The molecule has 0 aliphatic heterocycles. The van der Waals surface area contributed by atoms with Gasteiger partial charge in [0.1, 0.15) is 11.4 Å². The second-order valence-electron chi connectivity index (χ2n) is 4.90. The Labute approximate surface area is 107 Å². The number of phenolic OH excluding ortho intramolecular Hbond substituents is 1. The Morgan fingerprint density at radius 3 is 2.39 bits per heavy atom. The highest BCUT2D eigenvalue weighted by molar-refractivity contribution is 5.88. The van der Waals surface area contributed by atoms with Gasteiger partial charge in [-0.25, -0.2) is 4.79 Å². The van der Waals surface area contributed by atoms with Gasteiger partial charge >= 0.3 is 6.09 Å². The van der Waals surface area contributed by atoms with Crippen LogP contribution in [-0.2, 0) is 4.74 Å². The number of aromatic hydroxyl groups is 1. The fraction of sp³-hybridized carbons (Fsp3) is 0.357. The smallest absolute Gasteiger partial charge is 0.415 e. The SMILES string of the molecule is C=CCN(C(=O)OC(C)(C)C)c1ccc(O)cc1. The molecule has 1 aromatic rings. The molecule has 0 saturated carbocycles. The molecule has 1 amide bonds. The quantitative estimate of drug-likeness (QED) is 0.836. The molecule has 0 unspecified atom stereocenters. The van der Waals surface area contributed by atoms with Gasteiger partial charge < -0.3 is 9.84 Å². The molecule has 0 aliphatic rings. The van der Waals surface area contributed by atoms with E-state index < -0.39 is 11.7 Å². The lowest BCUT2D eigenvalue weighted by molar-refractivity contribution is 0.0584. The minimum atomic E-state index is -0.548. The number of benzene rings is 1. The number of rotatable bonds is 3. The highest BCUT2D eigenvalue weighted by Gasteiger charge is 2.22.